The number of amides is 1. The topological polar surface area (TPSA) is 101 Å². The lowest BCUT2D eigenvalue weighted by molar-refractivity contribution is -0.128. The number of aromatic nitrogens is 2. The van der Waals surface area contributed by atoms with E-state index in [0.29, 0.717) is 38.8 Å². The fourth-order valence-electron chi connectivity index (χ4n) is 6.42. The Kier molecular flexibility index (Phi) is 8.22. The fourth-order valence-corrected chi connectivity index (χ4v) is 6.42. The lowest BCUT2D eigenvalue weighted by Gasteiger charge is -2.42. The van der Waals surface area contributed by atoms with Gasteiger partial charge in [-0.3, -0.25) is 4.79 Å². The summed E-state index contributed by atoms with van der Waals surface area (Å²) in [7, 11) is 2.12. The van der Waals surface area contributed by atoms with Crippen LogP contribution < -0.4 is 19.9 Å². The summed E-state index contributed by atoms with van der Waals surface area (Å²) in [5.74, 6) is 0.717. The zero-order valence-electron chi connectivity index (χ0n) is 24.2. The van der Waals surface area contributed by atoms with Gasteiger partial charge in [0.2, 0.25) is 5.91 Å². The van der Waals surface area contributed by atoms with E-state index in [2.05, 4.69) is 82.2 Å². The second-order valence-corrected chi connectivity index (χ2v) is 11.3. The molecule has 6 rings (SSSR count). The zero-order valence-corrected chi connectivity index (χ0v) is 24.2. The number of hydrogen-bond acceptors (Lipinski definition) is 9. The second-order valence-electron chi connectivity index (χ2n) is 11.3. The van der Waals surface area contributed by atoms with Crippen LogP contribution in [0.15, 0.2) is 55.1 Å². The van der Waals surface area contributed by atoms with Crippen LogP contribution in [-0.2, 0) is 17.8 Å². The van der Waals surface area contributed by atoms with Gasteiger partial charge >= 0.3 is 6.01 Å². The molecule has 10 heteroatoms. The van der Waals surface area contributed by atoms with Crippen LogP contribution in [0.3, 0.4) is 0 Å². The minimum absolute atomic E-state index is 0.140. The normalized spacial score (nSPS) is 21.1. The second kappa shape index (κ2) is 12.3. The molecule has 0 bridgehead atoms. The summed E-state index contributed by atoms with van der Waals surface area (Å²) >= 11 is 0. The number of carbonyl (C=O) groups is 1. The summed E-state index contributed by atoms with van der Waals surface area (Å²) in [5.41, 5.74) is 3.28. The van der Waals surface area contributed by atoms with E-state index in [-0.39, 0.29) is 24.4 Å². The quantitative estimate of drug-likeness (QED) is 0.433. The summed E-state index contributed by atoms with van der Waals surface area (Å²) in [6.07, 6.45) is 2.37. The van der Waals surface area contributed by atoms with Crippen molar-refractivity contribution in [3.8, 4) is 12.1 Å². The number of rotatable bonds is 7. The molecule has 2 saturated heterocycles. The van der Waals surface area contributed by atoms with E-state index >= 15 is 0 Å². The molecule has 2 aromatic carbocycles. The summed E-state index contributed by atoms with van der Waals surface area (Å²) in [5, 5.41) is 15.5. The van der Waals surface area contributed by atoms with Gasteiger partial charge in [-0.05, 0) is 31.0 Å². The molecule has 0 spiro atoms. The third kappa shape index (κ3) is 5.75. The molecular weight excluding hydrogens is 528 g/mol. The minimum atomic E-state index is -0.234. The van der Waals surface area contributed by atoms with Crippen molar-refractivity contribution in [3.63, 3.8) is 0 Å². The minimum Gasteiger partial charge on any atom is -0.462 e. The number of benzene rings is 2. The predicted octanol–water partition coefficient (Wildman–Crippen LogP) is 2.59. The first-order valence-corrected chi connectivity index (χ1v) is 14.8. The molecule has 2 atom stereocenters. The maximum atomic E-state index is 12.5. The van der Waals surface area contributed by atoms with Crippen molar-refractivity contribution in [1.29, 1.82) is 5.26 Å². The Balaban J connectivity index is 1.31. The lowest BCUT2D eigenvalue weighted by atomic mass is 10.0. The maximum absolute atomic E-state index is 12.5. The molecule has 3 aliphatic heterocycles. The van der Waals surface area contributed by atoms with Crippen molar-refractivity contribution in [2.45, 2.75) is 31.5 Å². The van der Waals surface area contributed by atoms with Crippen molar-refractivity contribution in [1.82, 2.24) is 25.1 Å². The summed E-state index contributed by atoms with van der Waals surface area (Å²) < 4.78 is 6.27. The summed E-state index contributed by atoms with van der Waals surface area (Å²) in [4.78, 5) is 31.1. The van der Waals surface area contributed by atoms with E-state index in [0.717, 1.165) is 49.7 Å². The van der Waals surface area contributed by atoms with Crippen LogP contribution in [0.25, 0.3) is 10.8 Å². The van der Waals surface area contributed by atoms with Gasteiger partial charge in [0.05, 0.1) is 36.8 Å². The number of piperazine rings is 2. The molecule has 0 radical (unpaired) electrons. The largest absolute Gasteiger partial charge is 0.462 e. The molecule has 2 fully saturated rings. The van der Waals surface area contributed by atoms with Crippen LogP contribution in [-0.4, -0.2) is 97.2 Å². The molecule has 3 aromatic rings. The molecule has 1 aromatic heterocycles. The van der Waals surface area contributed by atoms with Gasteiger partial charge in [0.15, 0.2) is 0 Å². The van der Waals surface area contributed by atoms with Crippen molar-refractivity contribution >= 4 is 28.2 Å². The zero-order chi connectivity index (χ0) is 29.1. The Morgan fingerprint density at radius 1 is 1.12 bits per heavy atom. The van der Waals surface area contributed by atoms with Crippen LogP contribution in [0.2, 0.25) is 0 Å². The monoisotopic (exact) mass is 566 g/mol. The molecule has 218 valence electrons. The van der Waals surface area contributed by atoms with Crippen molar-refractivity contribution in [2.75, 3.05) is 69.3 Å². The fraction of sp³-hybridized carbons (Fsp3) is 0.438. The number of hydrogen-bond donors (Lipinski definition) is 1. The van der Waals surface area contributed by atoms with E-state index in [1.165, 1.54) is 22.5 Å². The number of fused-ring (bicyclic) bond motifs is 2. The van der Waals surface area contributed by atoms with Gasteiger partial charge in [-0.25, -0.2) is 0 Å². The van der Waals surface area contributed by atoms with Crippen LogP contribution in [0.5, 0.6) is 6.01 Å². The standard InChI is InChI=1S/C32H38N8O2/c1-3-30(41)40-18-17-39(20-25(40)11-13-33)31-27-12-15-38(29-10-6-8-23-7-4-5-9-26(23)29)21-28(27)35-32(36-31)42-22-24-19-37(2)16-14-34-24/h3-10,24-25,34H,1,11-12,14-22H2,2H3. The van der Waals surface area contributed by atoms with Crippen molar-refractivity contribution in [2.24, 2.45) is 0 Å². The highest BCUT2D eigenvalue weighted by molar-refractivity contribution is 5.94. The van der Waals surface area contributed by atoms with Crippen LogP contribution >= 0.6 is 0 Å². The maximum Gasteiger partial charge on any atom is 0.318 e. The number of nitriles is 1. The van der Waals surface area contributed by atoms with Gasteiger partial charge < -0.3 is 29.7 Å². The number of ether oxygens (including phenoxy) is 1. The average molecular weight is 567 g/mol. The number of carbonyl (C=O) groups excluding carboxylic acids is 1. The number of likely N-dealkylation sites (N-methyl/N-ethyl adjacent to an activating group) is 1. The van der Waals surface area contributed by atoms with Crippen molar-refractivity contribution < 1.29 is 9.53 Å². The number of nitrogens with one attached hydrogen (secondary N) is 1. The highest BCUT2D eigenvalue weighted by Gasteiger charge is 2.33. The van der Waals surface area contributed by atoms with E-state index in [4.69, 9.17) is 14.7 Å². The summed E-state index contributed by atoms with van der Waals surface area (Å²) in [6, 6.07) is 17.5. The molecular formula is C32H38N8O2. The average Bonchev–Trinajstić information content (AvgIpc) is 3.02. The third-order valence-electron chi connectivity index (χ3n) is 8.57. The predicted molar refractivity (Wildman–Crippen MR) is 164 cm³/mol. The Labute approximate surface area is 247 Å². The van der Waals surface area contributed by atoms with Crippen molar-refractivity contribution in [3.05, 3.63) is 66.4 Å². The lowest BCUT2D eigenvalue weighted by Crippen LogP contribution is -2.55. The van der Waals surface area contributed by atoms with Gasteiger partial charge in [-0.15, -0.1) is 0 Å². The SMILES string of the molecule is C=CC(=O)N1CCN(c2nc(OCC3CN(C)CCN3)nc3c2CCN(c2cccc4ccccc24)C3)CC1CC#N. The van der Waals surface area contributed by atoms with Crippen LogP contribution in [0.1, 0.15) is 17.7 Å². The Morgan fingerprint density at radius 2 is 1.98 bits per heavy atom. The molecule has 1 N–H and O–H groups in total. The first-order chi connectivity index (χ1) is 20.5. The first-order valence-electron chi connectivity index (χ1n) is 14.8. The highest BCUT2D eigenvalue weighted by Crippen LogP contribution is 2.34. The molecule has 42 heavy (non-hydrogen) atoms. The molecule has 0 aliphatic carbocycles. The van der Waals surface area contributed by atoms with E-state index < -0.39 is 0 Å². The Bertz CT molecular complexity index is 1500. The van der Waals surface area contributed by atoms with E-state index in [1.807, 2.05) is 0 Å². The molecule has 2 unspecified atom stereocenters. The van der Waals surface area contributed by atoms with Gasteiger partial charge in [0, 0.05) is 62.5 Å². The summed E-state index contributed by atoms with van der Waals surface area (Å²) in [6.45, 7) is 10.1. The van der Waals surface area contributed by atoms with Gasteiger partial charge in [-0.2, -0.15) is 15.2 Å². The number of nitrogens with zero attached hydrogens (tertiary/aromatic N) is 7. The highest BCUT2D eigenvalue weighted by atomic mass is 16.5. The van der Waals surface area contributed by atoms with Gasteiger partial charge in [0.25, 0.3) is 0 Å². The molecule has 3 aliphatic rings. The third-order valence-corrected chi connectivity index (χ3v) is 8.57. The molecule has 10 nitrogen and oxygen atoms in total. The molecule has 4 heterocycles. The van der Waals surface area contributed by atoms with E-state index in [1.54, 1.807) is 4.90 Å². The van der Waals surface area contributed by atoms with Gasteiger partial charge in [-0.1, -0.05) is 43.0 Å². The smallest absolute Gasteiger partial charge is 0.318 e. The first kappa shape index (κ1) is 27.9. The Hall–Kier alpha value is -4.20. The van der Waals surface area contributed by atoms with Crippen LogP contribution in [0.4, 0.5) is 11.5 Å². The van der Waals surface area contributed by atoms with E-state index in [9.17, 15) is 10.1 Å². The number of anilines is 2. The Morgan fingerprint density at radius 3 is 2.81 bits per heavy atom. The molecule has 0 saturated carbocycles. The molecule has 1 amide bonds. The van der Waals surface area contributed by atoms with Gasteiger partial charge in [0.1, 0.15) is 12.4 Å². The van der Waals surface area contributed by atoms with Crippen LogP contribution in [0, 0.1) is 11.3 Å².